The molecular weight excluding hydrogens is 498 g/mol. The first-order valence-electron chi connectivity index (χ1n) is 9.25. The fraction of sp³-hybridized carbons (Fsp3) is 0.182. The van der Waals surface area contributed by atoms with Crippen molar-refractivity contribution < 1.29 is 9.47 Å². The third-order valence-electron chi connectivity index (χ3n) is 5.24. The van der Waals surface area contributed by atoms with Crippen molar-refractivity contribution in [3.8, 4) is 11.5 Å². The molecule has 7 heteroatoms. The Labute approximate surface area is 185 Å². The van der Waals surface area contributed by atoms with E-state index in [9.17, 15) is 0 Å². The van der Waals surface area contributed by atoms with E-state index in [1.807, 2.05) is 24.3 Å². The number of hydrazine groups is 1. The van der Waals surface area contributed by atoms with Gasteiger partial charge in [0.1, 0.15) is 23.8 Å². The molecule has 5 rings (SSSR count). The summed E-state index contributed by atoms with van der Waals surface area (Å²) in [6.07, 6.45) is 0. The van der Waals surface area contributed by atoms with Crippen molar-refractivity contribution in [1.82, 2.24) is 15.4 Å². The van der Waals surface area contributed by atoms with Crippen LogP contribution in [0.25, 0.3) is 21.8 Å². The van der Waals surface area contributed by atoms with E-state index in [-0.39, 0.29) is 5.66 Å². The van der Waals surface area contributed by atoms with Crippen molar-refractivity contribution in [1.29, 1.82) is 0 Å². The van der Waals surface area contributed by atoms with E-state index >= 15 is 0 Å². The van der Waals surface area contributed by atoms with Crippen LogP contribution in [0.4, 0.5) is 0 Å². The monoisotopic (exact) mass is 515 g/mol. The van der Waals surface area contributed by atoms with E-state index in [1.54, 1.807) is 7.11 Å². The quantitative estimate of drug-likeness (QED) is 0.345. The van der Waals surface area contributed by atoms with E-state index in [0.29, 0.717) is 6.61 Å². The molecule has 0 saturated carbocycles. The van der Waals surface area contributed by atoms with Crippen LogP contribution in [0, 0.1) is 0 Å². The highest BCUT2D eigenvalue weighted by atomic mass is 79.9. The number of aromatic nitrogens is 1. The van der Waals surface area contributed by atoms with E-state index < -0.39 is 0 Å². The molecule has 0 amide bonds. The number of nitrogens with zero attached hydrogens (tertiary/aromatic N) is 1. The molecule has 0 spiro atoms. The lowest BCUT2D eigenvalue weighted by Gasteiger charge is -2.16. The van der Waals surface area contributed by atoms with E-state index in [2.05, 4.69) is 83.7 Å². The number of methoxy groups -OCH3 is 1. The maximum Gasteiger partial charge on any atom is 0.147 e. The van der Waals surface area contributed by atoms with Gasteiger partial charge in [-0.2, -0.15) is 0 Å². The molecule has 0 radical (unpaired) electrons. The maximum atomic E-state index is 6.04. The Hall–Kier alpha value is -2.06. The molecule has 2 N–H and O–H groups in total. The summed E-state index contributed by atoms with van der Waals surface area (Å²) in [6, 6.07) is 20.5. The van der Waals surface area contributed by atoms with Gasteiger partial charge in [0.2, 0.25) is 0 Å². The molecule has 148 valence electrons. The maximum absolute atomic E-state index is 6.04. The van der Waals surface area contributed by atoms with Crippen LogP contribution in [0.3, 0.4) is 0 Å². The Morgan fingerprint density at radius 1 is 0.828 bits per heavy atom. The van der Waals surface area contributed by atoms with Gasteiger partial charge in [-0.05, 0) is 60.7 Å². The van der Waals surface area contributed by atoms with Crippen LogP contribution in [0.5, 0.6) is 11.5 Å². The molecule has 29 heavy (non-hydrogen) atoms. The van der Waals surface area contributed by atoms with E-state index in [4.69, 9.17) is 9.47 Å². The summed E-state index contributed by atoms with van der Waals surface area (Å²) in [5.74, 6) is 1.63. The van der Waals surface area contributed by atoms with Gasteiger partial charge in [-0.1, -0.05) is 31.9 Å². The molecule has 4 aromatic rings. The largest absolute Gasteiger partial charge is 0.497 e. The Morgan fingerprint density at radius 3 is 1.90 bits per heavy atom. The third-order valence-corrected chi connectivity index (χ3v) is 6.23. The lowest BCUT2D eigenvalue weighted by atomic mass is 10.2. The van der Waals surface area contributed by atoms with Crippen LogP contribution < -0.4 is 20.3 Å². The summed E-state index contributed by atoms with van der Waals surface area (Å²) >= 11 is 7.21. The molecule has 1 aromatic heterocycles. The first kappa shape index (κ1) is 18.9. The number of rotatable bonds is 6. The zero-order chi connectivity index (χ0) is 20.0. The highest BCUT2D eigenvalue weighted by Gasteiger charge is 2.44. The van der Waals surface area contributed by atoms with Gasteiger partial charge in [0, 0.05) is 30.8 Å². The van der Waals surface area contributed by atoms with Crippen molar-refractivity contribution in [3.05, 3.63) is 69.6 Å². The van der Waals surface area contributed by atoms with Gasteiger partial charge in [0.25, 0.3) is 0 Å². The molecule has 2 heterocycles. The molecule has 0 atom stereocenters. The predicted molar refractivity (Wildman–Crippen MR) is 122 cm³/mol. The van der Waals surface area contributed by atoms with Crippen molar-refractivity contribution in [2.24, 2.45) is 0 Å². The first-order chi connectivity index (χ1) is 14.1. The Balaban J connectivity index is 1.45. The van der Waals surface area contributed by atoms with Gasteiger partial charge in [-0.25, -0.2) is 10.9 Å². The number of nitrogens with one attached hydrogen (secondary N) is 2. The lowest BCUT2D eigenvalue weighted by molar-refractivity contribution is 0.254. The molecule has 5 nitrogen and oxygen atoms in total. The zero-order valence-electron chi connectivity index (χ0n) is 15.7. The highest BCUT2D eigenvalue weighted by Crippen LogP contribution is 2.34. The zero-order valence-corrected chi connectivity index (χ0v) is 18.9. The molecular formula is C22H19Br2N3O2. The number of benzene rings is 3. The Kier molecular flexibility index (Phi) is 4.78. The molecule has 1 aliphatic rings. The summed E-state index contributed by atoms with van der Waals surface area (Å²) in [4.78, 5) is 0. The standard InChI is InChI=1S/C22H19Br2N3O2/c1-28-16-4-6-17(7-5-16)29-13-22(25-26-22)12-27-20-8-2-14(23)10-18(20)19-11-15(24)3-9-21(19)27/h2-11,25-26H,12-13H2,1H3. The minimum absolute atomic E-state index is 0.307. The van der Waals surface area contributed by atoms with E-state index in [1.165, 1.54) is 21.8 Å². The fourth-order valence-corrected chi connectivity index (χ4v) is 4.37. The number of halogens is 2. The smallest absolute Gasteiger partial charge is 0.147 e. The average Bonchev–Trinajstić information content (AvgIpc) is 3.45. The minimum atomic E-state index is -0.307. The van der Waals surface area contributed by atoms with Crippen molar-refractivity contribution >= 4 is 53.7 Å². The normalized spacial score (nSPS) is 15.0. The summed E-state index contributed by atoms with van der Waals surface area (Å²) in [7, 11) is 1.66. The van der Waals surface area contributed by atoms with Crippen LogP contribution in [-0.4, -0.2) is 23.9 Å². The van der Waals surface area contributed by atoms with Gasteiger partial charge >= 0.3 is 0 Å². The highest BCUT2D eigenvalue weighted by molar-refractivity contribution is 9.10. The van der Waals surface area contributed by atoms with Crippen molar-refractivity contribution in [2.75, 3.05) is 13.7 Å². The number of hydrogen-bond acceptors (Lipinski definition) is 4. The van der Waals surface area contributed by atoms with Gasteiger partial charge in [-0.15, -0.1) is 0 Å². The van der Waals surface area contributed by atoms with Crippen molar-refractivity contribution in [2.45, 2.75) is 12.2 Å². The van der Waals surface area contributed by atoms with Crippen LogP contribution in [0.15, 0.2) is 69.6 Å². The molecule has 0 aliphatic carbocycles. The molecule has 0 bridgehead atoms. The summed E-state index contributed by atoms with van der Waals surface area (Å²) in [5.41, 5.74) is 8.67. The number of hydrogen-bond donors (Lipinski definition) is 2. The second-order valence-electron chi connectivity index (χ2n) is 7.21. The van der Waals surface area contributed by atoms with Gasteiger partial charge in [0.15, 0.2) is 0 Å². The number of ether oxygens (including phenoxy) is 2. The molecule has 0 unspecified atom stereocenters. The SMILES string of the molecule is COc1ccc(OCC2(Cn3c4ccc(Br)cc4c4cc(Br)ccc43)NN2)cc1. The summed E-state index contributed by atoms with van der Waals surface area (Å²) < 4.78 is 15.7. The molecule has 1 fully saturated rings. The summed E-state index contributed by atoms with van der Waals surface area (Å²) in [5, 5.41) is 2.45. The molecule has 1 saturated heterocycles. The van der Waals surface area contributed by atoms with Crippen LogP contribution in [0.1, 0.15) is 0 Å². The van der Waals surface area contributed by atoms with Crippen LogP contribution in [0.2, 0.25) is 0 Å². The van der Waals surface area contributed by atoms with Gasteiger partial charge < -0.3 is 14.0 Å². The second kappa shape index (κ2) is 7.32. The fourth-order valence-electron chi connectivity index (χ4n) is 3.65. The van der Waals surface area contributed by atoms with Crippen LogP contribution >= 0.6 is 31.9 Å². The Bertz CT molecular complexity index is 1140. The lowest BCUT2D eigenvalue weighted by Crippen LogP contribution is -2.32. The second-order valence-corrected chi connectivity index (χ2v) is 9.04. The Morgan fingerprint density at radius 2 is 1.38 bits per heavy atom. The molecule has 3 aromatic carbocycles. The first-order valence-corrected chi connectivity index (χ1v) is 10.8. The predicted octanol–water partition coefficient (Wildman–Crippen LogP) is 5.21. The van der Waals surface area contributed by atoms with Gasteiger partial charge in [-0.3, -0.25) is 0 Å². The van der Waals surface area contributed by atoms with Gasteiger partial charge in [0.05, 0.1) is 13.7 Å². The average molecular weight is 517 g/mol. The minimum Gasteiger partial charge on any atom is -0.497 e. The van der Waals surface area contributed by atoms with Crippen LogP contribution in [-0.2, 0) is 6.54 Å². The topological polar surface area (TPSA) is 67.3 Å². The third kappa shape index (κ3) is 3.64. The van der Waals surface area contributed by atoms with Crippen molar-refractivity contribution in [3.63, 3.8) is 0 Å². The summed E-state index contributed by atoms with van der Waals surface area (Å²) in [6.45, 7) is 1.25. The number of fused-ring (bicyclic) bond motifs is 3. The molecule has 1 aliphatic heterocycles. The van der Waals surface area contributed by atoms with E-state index in [0.717, 1.165) is 27.0 Å².